The molecule has 0 saturated carbocycles. The molecule has 0 fully saturated rings. The zero-order valence-electron chi connectivity index (χ0n) is 17.2. The average Bonchev–Trinajstić information content (AvgIpc) is 3.02. The molecule has 0 radical (unpaired) electrons. The van der Waals surface area contributed by atoms with Crippen LogP contribution in [0.15, 0.2) is 40.1 Å². The number of allylic oxidation sites excluding steroid dienone is 1. The van der Waals surface area contributed by atoms with E-state index in [1.54, 1.807) is 19.9 Å². The van der Waals surface area contributed by atoms with E-state index >= 15 is 0 Å². The maximum atomic E-state index is 13.3. The topological polar surface area (TPSA) is 120 Å². The summed E-state index contributed by atoms with van der Waals surface area (Å²) in [5.41, 5.74) is -2.06. The quantitative estimate of drug-likeness (QED) is 0.296. The summed E-state index contributed by atoms with van der Waals surface area (Å²) in [5.74, 6) is -0.485. The maximum absolute atomic E-state index is 13.3. The highest BCUT2D eigenvalue weighted by atomic mass is 16.5. The van der Waals surface area contributed by atoms with Crippen LogP contribution in [0.5, 0.6) is 17.2 Å². The van der Waals surface area contributed by atoms with Crippen LogP contribution in [0.3, 0.4) is 0 Å². The Hall–Kier alpha value is -3.03. The number of aliphatic hydroxyl groups is 2. The highest BCUT2D eigenvalue weighted by molar-refractivity contribution is 5.99. The average molecular weight is 412 g/mol. The van der Waals surface area contributed by atoms with Gasteiger partial charge in [0.1, 0.15) is 17.2 Å². The second-order valence-corrected chi connectivity index (χ2v) is 8.85. The molecule has 0 unspecified atom stereocenters. The first-order valence-electron chi connectivity index (χ1n) is 9.58. The van der Waals surface area contributed by atoms with E-state index in [1.807, 2.05) is 0 Å². The molecule has 2 atom stereocenters. The molecule has 0 amide bonds. The molecular weight excluding hydrogens is 388 g/mol. The number of hydrogen-bond donors (Lipinski definition) is 4. The summed E-state index contributed by atoms with van der Waals surface area (Å²) in [6, 6.07) is 4.35. The minimum atomic E-state index is -1.35. The van der Waals surface area contributed by atoms with Gasteiger partial charge in [0.05, 0.1) is 11.0 Å². The van der Waals surface area contributed by atoms with Gasteiger partial charge in [0.15, 0.2) is 28.8 Å². The lowest BCUT2D eigenvalue weighted by atomic mass is 9.83. The molecule has 7 heteroatoms. The van der Waals surface area contributed by atoms with Gasteiger partial charge < -0.3 is 29.6 Å². The molecule has 4 rings (SSSR count). The molecule has 1 aliphatic rings. The van der Waals surface area contributed by atoms with Crippen molar-refractivity contribution in [2.24, 2.45) is 0 Å². The number of phenols is 2. The summed E-state index contributed by atoms with van der Waals surface area (Å²) in [4.78, 5) is 13.3. The third kappa shape index (κ3) is 2.69. The molecular formula is C23H24O7. The van der Waals surface area contributed by atoms with E-state index in [-0.39, 0.29) is 39.2 Å². The minimum Gasteiger partial charge on any atom is -0.507 e. The highest BCUT2D eigenvalue weighted by Crippen LogP contribution is 2.47. The van der Waals surface area contributed by atoms with E-state index in [9.17, 15) is 25.2 Å². The third-order valence-electron chi connectivity index (χ3n) is 5.80. The zero-order valence-corrected chi connectivity index (χ0v) is 17.2. The highest BCUT2D eigenvalue weighted by Gasteiger charge is 2.44. The Balaban J connectivity index is 2.07. The van der Waals surface area contributed by atoms with E-state index in [0.29, 0.717) is 11.1 Å². The first-order valence-corrected chi connectivity index (χ1v) is 9.58. The summed E-state index contributed by atoms with van der Waals surface area (Å²) < 4.78 is 11.6. The number of aliphatic hydroxyl groups excluding tert-OH is 1. The molecule has 1 aliphatic heterocycles. The zero-order chi connectivity index (χ0) is 22.2. The van der Waals surface area contributed by atoms with Gasteiger partial charge in [-0.25, -0.2) is 0 Å². The Morgan fingerprint density at radius 2 is 1.80 bits per heavy atom. The van der Waals surface area contributed by atoms with Gasteiger partial charge in [-0.05, 0) is 26.0 Å². The number of aromatic hydroxyl groups is 2. The first-order chi connectivity index (χ1) is 13.9. The van der Waals surface area contributed by atoms with E-state index in [4.69, 9.17) is 9.15 Å². The van der Waals surface area contributed by atoms with Crippen molar-refractivity contribution in [2.75, 3.05) is 0 Å². The van der Waals surface area contributed by atoms with Crippen molar-refractivity contribution >= 4 is 21.9 Å². The predicted octanol–water partition coefficient (Wildman–Crippen LogP) is 3.39. The number of fused-ring (bicyclic) bond motifs is 4. The van der Waals surface area contributed by atoms with Crippen molar-refractivity contribution in [3.8, 4) is 17.2 Å². The van der Waals surface area contributed by atoms with Crippen LogP contribution < -0.4 is 10.2 Å². The van der Waals surface area contributed by atoms with E-state index < -0.39 is 28.7 Å². The number of hydrogen-bond acceptors (Lipinski definition) is 7. The van der Waals surface area contributed by atoms with Gasteiger partial charge in [0.2, 0.25) is 5.43 Å². The van der Waals surface area contributed by atoms with Crippen LogP contribution in [0.2, 0.25) is 0 Å². The van der Waals surface area contributed by atoms with E-state index in [0.717, 1.165) is 0 Å². The molecule has 0 spiro atoms. The standard InChI is InChI=1S/C23H24O7/c1-6-22(2,3)12-9-13(24)20-14(17(12)27)15(25)10-7-8-11-16(26)21(23(4,5)28)30-19(11)18(10)29-20/h6-9,16,21,24,26-28H,1H2,2-5H3/t16-,21-/m1/s1. The van der Waals surface area contributed by atoms with Gasteiger partial charge in [0.25, 0.3) is 0 Å². The van der Waals surface area contributed by atoms with Gasteiger partial charge in [-0.1, -0.05) is 26.0 Å². The lowest BCUT2D eigenvalue weighted by Gasteiger charge is -2.27. The van der Waals surface area contributed by atoms with Crippen LogP contribution in [-0.4, -0.2) is 32.1 Å². The smallest absolute Gasteiger partial charge is 0.204 e. The molecule has 2 aromatic carbocycles. The van der Waals surface area contributed by atoms with Crippen molar-refractivity contribution in [3.63, 3.8) is 0 Å². The number of benzene rings is 2. The number of phenolic OH excluding ortho intramolecular Hbond substituents is 2. The Bertz CT molecular complexity index is 1260. The lowest BCUT2D eigenvalue weighted by Crippen LogP contribution is -2.41. The molecule has 2 heterocycles. The van der Waals surface area contributed by atoms with Crippen LogP contribution in [0.1, 0.15) is 44.9 Å². The van der Waals surface area contributed by atoms with Gasteiger partial charge in [-0.2, -0.15) is 0 Å². The Morgan fingerprint density at radius 1 is 1.13 bits per heavy atom. The fourth-order valence-corrected chi connectivity index (χ4v) is 3.89. The Kier molecular flexibility index (Phi) is 4.21. The van der Waals surface area contributed by atoms with Crippen LogP contribution >= 0.6 is 0 Å². The second kappa shape index (κ2) is 6.23. The minimum absolute atomic E-state index is 0.0289. The van der Waals surface area contributed by atoms with Crippen molar-refractivity contribution in [1.82, 2.24) is 0 Å². The van der Waals surface area contributed by atoms with Crippen molar-refractivity contribution in [3.05, 3.63) is 52.2 Å². The summed E-state index contributed by atoms with van der Waals surface area (Å²) in [6.07, 6.45) is -0.477. The summed E-state index contributed by atoms with van der Waals surface area (Å²) in [6.45, 7) is 10.4. The summed E-state index contributed by atoms with van der Waals surface area (Å²) in [5, 5.41) is 42.3. The SMILES string of the molecule is C=CC(C)(C)c1cc(O)c2oc3c4c(ccc3c(=O)c2c1O)[C@@H](O)[C@H](C(C)(C)O)O4. The maximum Gasteiger partial charge on any atom is 0.204 e. The lowest BCUT2D eigenvalue weighted by molar-refractivity contribution is -0.0760. The fourth-order valence-electron chi connectivity index (χ4n) is 3.89. The molecule has 158 valence electrons. The molecule has 30 heavy (non-hydrogen) atoms. The van der Waals surface area contributed by atoms with Gasteiger partial charge in [0, 0.05) is 16.5 Å². The second-order valence-electron chi connectivity index (χ2n) is 8.85. The Morgan fingerprint density at radius 3 is 2.40 bits per heavy atom. The molecule has 0 aliphatic carbocycles. The van der Waals surface area contributed by atoms with Gasteiger partial charge in [-0.3, -0.25) is 4.79 Å². The normalized spacial score (nSPS) is 19.1. The van der Waals surface area contributed by atoms with Crippen LogP contribution in [0.25, 0.3) is 21.9 Å². The van der Waals surface area contributed by atoms with E-state index in [2.05, 4.69) is 6.58 Å². The monoisotopic (exact) mass is 412 g/mol. The molecule has 7 nitrogen and oxygen atoms in total. The first kappa shape index (κ1) is 20.3. The van der Waals surface area contributed by atoms with Gasteiger partial charge >= 0.3 is 0 Å². The number of ether oxygens (including phenoxy) is 1. The molecule has 0 bridgehead atoms. The van der Waals surface area contributed by atoms with Crippen LogP contribution in [0.4, 0.5) is 0 Å². The van der Waals surface area contributed by atoms with Crippen molar-refractivity contribution < 1.29 is 29.6 Å². The van der Waals surface area contributed by atoms with Crippen molar-refractivity contribution in [2.45, 2.75) is 50.9 Å². The van der Waals surface area contributed by atoms with Crippen LogP contribution in [-0.2, 0) is 5.41 Å². The third-order valence-corrected chi connectivity index (χ3v) is 5.80. The van der Waals surface area contributed by atoms with Gasteiger partial charge in [-0.15, -0.1) is 6.58 Å². The largest absolute Gasteiger partial charge is 0.507 e. The number of rotatable bonds is 3. The van der Waals surface area contributed by atoms with E-state index in [1.165, 1.54) is 32.0 Å². The molecule has 1 aromatic heterocycles. The fraction of sp³-hybridized carbons (Fsp3) is 0.348. The summed E-state index contributed by atoms with van der Waals surface area (Å²) >= 11 is 0. The Labute approximate surface area is 172 Å². The summed E-state index contributed by atoms with van der Waals surface area (Å²) in [7, 11) is 0. The van der Waals surface area contributed by atoms with Crippen LogP contribution in [0, 0.1) is 0 Å². The molecule has 4 N–H and O–H groups in total. The predicted molar refractivity (Wildman–Crippen MR) is 112 cm³/mol. The molecule has 3 aromatic rings. The van der Waals surface area contributed by atoms with Crippen molar-refractivity contribution in [1.29, 1.82) is 0 Å². The molecule has 0 saturated heterocycles.